The van der Waals surface area contributed by atoms with Gasteiger partial charge in [-0.05, 0) is 24.0 Å². The fourth-order valence-corrected chi connectivity index (χ4v) is 1.50. The van der Waals surface area contributed by atoms with E-state index in [1.807, 2.05) is 13.8 Å². The Morgan fingerprint density at radius 3 is 2.44 bits per heavy atom. The number of aromatic nitrogens is 1. The lowest BCUT2D eigenvalue weighted by atomic mass is 9.99. The number of rotatable bonds is 3. The second-order valence-electron chi connectivity index (χ2n) is 4.02. The van der Waals surface area contributed by atoms with Crippen LogP contribution in [0.3, 0.4) is 0 Å². The van der Waals surface area contributed by atoms with Crippen LogP contribution in [0.4, 0.5) is 18.9 Å². The smallest absolute Gasteiger partial charge is 0.375 e. The highest BCUT2D eigenvalue weighted by Crippen LogP contribution is 2.25. The zero-order valence-electron chi connectivity index (χ0n) is 9.52. The fraction of sp³-hybridized carbons (Fsp3) is 0.545. The minimum absolute atomic E-state index is 0.250. The average Bonchev–Trinajstić information content (AvgIpc) is 2.14. The number of halogens is 3. The van der Waals surface area contributed by atoms with E-state index in [4.69, 9.17) is 0 Å². The van der Waals surface area contributed by atoms with Crippen molar-refractivity contribution in [3.8, 4) is 0 Å². The first-order chi connectivity index (χ1) is 7.31. The molecule has 0 fully saturated rings. The predicted molar refractivity (Wildman–Crippen MR) is 57.6 cm³/mol. The average molecular weight is 232 g/mol. The third kappa shape index (κ3) is 3.40. The van der Waals surface area contributed by atoms with E-state index in [1.165, 1.54) is 6.20 Å². The van der Waals surface area contributed by atoms with Crippen molar-refractivity contribution in [2.75, 3.05) is 11.9 Å². The van der Waals surface area contributed by atoms with Crippen molar-refractivity contribution < 1.29 is 13.2 Å². The van der Waals surface area contributed by atoms with Crippen molar-refractivity contribution in [3.05, 3.63) is 23.5 Å². The summed E-state index contributed by atoms with van der Waals surface area (Å²) in [5, 5.41) is 2.36. The van der Waals surface area contributed by atoms with Crippen LogP contribution in [-0.2, 0) is 0 Å². The van der Waals surface area contributed by atoms with Gasteiger partial charge in [0.2, 0.25) is 0 Å². The molecule has 0 amide bonds. The Morgan fingerprint density at radius 2 is 1.94 bits per heavy atom. The van der Waals surface area contributed by atoms with Crippen LogP contribution in [0.15, 0.2) is 12.4 Å². The summed E-state index contributed by atoms with van der Waals surface area (Å²) in [4.78, 5) is 3.94. The van der Waals surface area contributed by atoms with Crippen molar-refractivity contribution in [2.45, 2.75) is 32.9 Å². The quantitative estimate of drug-likeness (QED) is 0.862. The lowest BCUT2D eigenvalue weighted by molar-refractivity contribution is -0.115. The van der Waals surface area contributed by atoms with Crippen LogP contribution < -0.4 is 5.32 Å². The number of hydrogen-bond acceptors (Lipinski definition) is 2. The summed E-state index contributed by atoms with van der Waals surface area (Å²) in [6.45, 7) is 4.74. The maximum atomic E-state index is 12.0. The zero-order chi connectivity index (χ0) is 12.3. The van der Waals surface area contributed by atoms with Gasteiger partial charge < -0.3 is 5.32 Å². The van der Waals surface area contributed by atoms with Gasteiger partial charge in [-0.2, -0.15) is 13.2 Å². The number of hydrogen-bond donors (Lipinski definition) is 1. The molecule has 16 heavy (non-hydrogen) atoms. The van der Waals surface area contributed by atoms with Crippen molar-refractivity contribution in [3.63, 3.8) is 0 Å². The number of anilines is 1. The van der Waals surface area contributed by atoms with E-state index in [9.17, 15) is 13.2 Å². The Hall–Kier alpha value is -1.26. The monoisotopic (exact) mass is 232 g/mol. The van der Waals surface area contributed by atoms with Gasteiger partial charge in [0, 0.05) is 6.20 Å². The Labute approximate surface area is 92.9 Å². The molecule has 0 saturated carbocycles. The van der Waals surface area contributed by atoms with Crippen molar-refractivity contribution in [1.29, 1.82) is 0 Å². The van der Waals surface area contributed by atoms with Gasteiger partial charge in [0.25, 0.3) is 0 Å². The number of nitrogens with one attached hydrogen (secondary N) is 1. The fourth-order valence-electron chi connectivity index (χ4n) is 1.50. The Balaban J connectivity index is 2.85. The molecular weight excluding hydrogens is 217 g/mol. The molecule has 0 aliphatic rings. The maximum absolute atomic E-state index is 12.0. The minimum atomic E-state index is -4.21. The Morgan fingerprint density at radius 1 is 1.31 bits per heavy atom. The molecule has 2 nitrogen and oxygen atoms in total. The van der Waals surface area contributed by atoms with E-state index in [0.29, 0.717) is 5.69 Å². The molecule has 0 aliphatic carbocycles. The van der Waals surface area contributed by atoms with Crippen LogP contribution >= 0.6 is 0 Å². The van der Waals surface area contributed by atoms with Gasteiger partial charge in [0.05, 0.1) is 11.9 Å². The van der Waals surface area contributed by atoms with Gasteiger partial charge in [0.1, 0.15) is 6.54 Å². The highest BCUT2D eigenvalue weighted by Gasteiger charge is 2.27. The molecule has 0 aliphatic heterocycles. The number of nitrogens with zero attached hydrogens (tertiary/aromatic N) is 1. The minimum Gasteiger partial charge on any atom is -0.375 e. The molecule has 1 heterocycles. The predicted octanol–water partition coefficient (Wildman–Crippen LogP) is 3.49. The van der Waals surface area contributed by atoms with Crippen LogP contribution in [0.25, 0.3) is 0 Å². The summed E-state index contributed by atoms with van der Waals surface area (Å²) >= 11 is 0. The van der Waals surface area contributed by atoms with Crippen LogP contribution in [0.1, 0.15) is 30.9 Å². The van der Waals surface area contributed by atoms with Crippen LogP contribution in [-0.4, -0.2) is 17.7 Å². The zero-order valence-corrected chi connectivity index (χ0v) is 9.52. The van der Waals surface area contributed by atoms with Crippen molar-refractivity contribution in [2.24, 2.45) is 0 Å². The van der Waals surface area contributed by atoms with Gasteiger partial charge in [-0.1, -0.05) is 13.8 Å². The second-order valence-corrected chi connectivity index (χ2v) is 4.02. The van der Waals surface area contributed by atoms with Gasteiger partial charge in [-0.25, -0.2) is 0 Å². The van der Waals surface area contributed by atoms with E-state index in [-0.39, 0.29) is 5.92 Å². The van der Waals surface area contributed by atoms with E-state index < -0.39 is 12.7 Å². The van der Waals surface area contributed by atoms with E-state index >= 15 is 0 Å². The lowest BCUT2D eigenvalue weighted by Crippen LogP contribution is -2.22. The van der Waals surface area contributed by atoms with E-state index in [1.54, 1.807) is 13.1 Å². The molecule has 1 aromatic rings. The van der Waals surface area contributed by atoms with Crippen molar-refractivity contribution in [1.82, 2.24) is 4.98 Å². The normalized spacial score (nSPS) is 11.9. The third-order valence-corrected chi connectivity index (χ3v) is 2.36. The summed E-state index contributed by atoms with van der Waals surface area (Å²) in [6, 6.07) is 0. The number of alkyl halides is 3. The molecule has 0 radical (unpaired) electrons. The van der Waals surface area contributed by atoms with Gasteiger partial charge in [-0.3, -0.25) is 4.98 Å². The molecule has 0 aromatic carbocycles. The highest BCUT2D eigenvalue weighted by molar-refractivity contribution is 5.52. The molecule has 0 bridgehead atoms. The molecule has 0 unspecified atom stereocenters. The Bertz CT molecular complexity index is 359. The van der Waals surface area contributed by atoms with Gasteiger partial charge in [0.15, 0.2) is 0 Å². The van der Waals surface area contributed by atoms with Crippen LogP contribution in [0.2, 0.25) is 0 Å². The largest absolute Gasteiger partial charge is 0.405 e. The Kier molecular flexibility index (Phi) is 3.78. The van der Waals surface area contributed by atoms with Crippen molar-refractivity contribution >= 4 is 5.69 Å². The summed E-state index contributed by atoms with van der Waals surface area (Å²) in [5.74, 6) is 0.250. The third-order valence-electron chi connectivity index (χ3n) is 2.36. The standard InChI is InChI=1S/C11H15F3N2/c1-7(2)9-4-15-5-10(8(9)3)16-6-11(12,13)14/h4-5,7,16H,6H2,1-3H3. The molecule has 1 aromatic heterocycles. The summed E-state index contributed by atoms with van der Waals surface area (Å²) < 4.78 is 36.1. The molecule has 1 N–H and O–H groups in total. The molecule has 0 spiro atoms. The number of pyridine rings is 1. The van der Waals surface area contributed by atoms with Crippen LogP contribution in [0.5, 0.6) is 0 Å². The molecule has 1 rings (SSSR count). The molecule has 90 valence electrons. The summed E-state index contributed by atoms with van der Waals surface area (Å²) in [6.07, 6.45) is -1.09. The second kappa shape index (κ2) is 4.72. The molecule has 5 heteroatoms. The summed E-state index contributed by atoms with van der Waals surface area (Å²) in [7, 11) is 0. The van der Waals surface area contributed by atoms with E-state index in [0.717, 1.165) is 11.1 Å². The van der Waals surface area contributed by atoms with Gasteiger partial charge >= 0.3 is 6.18 Å². The topological polar surface area (TPSA) is 24.9 Å². The lowest BCUT2D eigenvalue weighted by Gasteiger charge is -2.15. The first kappa shape index (κ1) is 12.8. The first-order valence-corrected chi connectivity index (χ1v) is 5.06. The SMILES string of the molecule is Cc1c(NCC(F)(F)F)cncc1C(C)C. The maximum Gasteiger partial charge on any atom is 0.405 e. The molecular formula is C11H15F3N2. The first-order valence-electron chi connectivity index (χ1n) is 5.06. The van der Waals surface area contributed by atoms with Gasteiger partial charge in [-0.15, -0.1) is 0 Å². The molecule has 0 atom stereocenters. The van der Waals surface area contributed by atoms with E-state index in [2.05, 4.69) is 10.3 Å². The van der Waals surface area contributed by atoms with Crippen LogP contribution in [0, 0.1) is 6.92 Å². The highest BCUT2D eigenvalue weighted by atomic mass is 19.4. The molecule has 0 saturated heterocycles. The summed E-state index contributed by atoms with van der Waals surface area (Å²) in [5.41, 5.74) is 2.24.